The van der Waals surface area contributed by atoms with Crippen molar-refractivity contribution in [3.63, 3.8) is 0 Å². The van der Waals surface area contributed by atoms with Crippen LogP contribution < -0.4 is 0 Å². The van der Waals surface area contributed by atoms with Crippen LogP contribution in [0.3, 0.4) is 0 Å². The molecule has 1 aromatic carbocycles. The first-order valence-corrected chi connectivity index (χ1v) is 9.39. The quantitative estimate of drug-likeness (QED) is 0.644. The van der Waals surface area contributed by atoms with Gasteiger partial charge in [0.05, 0.1) is 5.91 Å². The van der Waals surface area contributed by atoms with E-state index in [2.05, 4.69) is 12.1 Å². The monoisotopic (exact) mass is 445 g/mol. The van der Waals surface area contributed by atoms with Crippen molar-refractivity contribution in [3.05, 3.63) is 48.4 Å². The van der Waals surface area contributed by atoms with Gasteiger partial charge in [0.15, 0.2) is 0 Å². The fraction of sp³-hybridized carbons (Fsp3) is 0.524. The van der Waals surface area contributed by atoms with Gasteiger partial charge in [-0.3, -0.25) is 5.92 Å². The van der Waals surface area contributed by atoms with E-state index in [1.807, 2.05) is 50.4 Å². The van der Waals surface area contributed by atoms with Crippen molar-refractivity contribution >= 4 is 12.0 Å². The van der Waals surface area contributed by atoms with E-state index >= 15 is 0 Å². The Labute approximate surface area is 187 Å². The topological polar surface area (TPSA) is 49.9 Å². The van der Waals surface area contributed by atoms with E-state index in [0.717, 1.165) is 18.8 Å². The van der Waals surface area contributed by atoms with E-state index in [9.17, 15) is 9.59 Å². The summed E-state index contributed by atoms with van der Waals surface area (Å²) in [6.07, 6.45) is 2.82. The third-order valence-corrected chi connectivity index (χ3v) is 4.84. The van der Waals surface area contributed by atoms with Gasteiger partial charge >= 0.3 is 6.09 Å². The van der Waals surface area contributed by atoms with Gasteiger partial charge in [-0.05, 0) is 39.4 Å². The van der Waals surface area contributed by atoms with Gasteiger partial charge in [0.2, 0.25) is 0 Å². The standard InChI is InChI=1S/C21H28N2O3.Y/c1-21(2,3)26-20(25)22-14-11-17(12-15-22)19(24)23-13-7-10-18(23)16-8-5-4-6-9-16;/h4-6,8-9,13,18H,7,10-12,14-15H2,1-3H3;/q-2;/t18-;/m0./s1. The maximum Gasteiger partial charge on any atom is 0.410 e. The summed E-state index contributed by atoms with van der Waals surface area (Å²) in [5, 5.41) is 0. The van der Waals surface area contributed by atoms with E-state index in [4.69, 9.17) is 4.74 Å². The molecule has 0 aromatic heterocycles. The van der Waals surface area contributed by atoms with Crippen LogP contribution in [-0.4, -0.2) is 40.5 Å². The van der Waals surface area contributed by atoms with E-state index in [-0.39, 0.29) is 50.8 Å². The molecule has 0 bridgehead atoms. The van der Waals surface area contributed by atoms with E-state index in [0.29, 0.717) is 25.9 Å². The normalized spacial score (nSPS) is 20.3. The second-order valence-corrected chi connectivity index (χ2v) is 7.97. The van der Waals surface area contributed by atoms with Gasteiger partial charge < -0.3 is 19.3 Å². The Hall–Kier alpha value is -1.07. The Bertz CT molecular complexity index is 637. The Morgan fingerprint density at radius 1 is 1.15 bits per heavy atom. The third-order valence-electron chi connectivity index (χ3n) is 4.84. The Morgan fingerprint density at radius 2 is 1.78 bits per heavy atom. The molecule has 0 spiro atoms. The summed E-state index contributed by atoms with van der Waals surface area (Å²) >= 11 is 0. The van der Waals surface area contributed by atoms with Crippen molar-refractivity contribution in [3.8, 4) is 0 Å². The van der Waals surface area contributed by atoms with Crippen molar-refractivity contribution in [1.82, 2.24) is 9.80 Å². The van der Waals surface area contributed by atoms with Crippen molar-refractivity contribution in [1.29, 1.82) is 0 Å². The van der Waals surface area contributed by atoms with Gasteiger partial charge in [-0.15, -0.1) is 12.8 Å². The molecule has 2 heterocycles. The molecule has 1 atom stereocenters. The zero-order chi connectivity index (χ0) is 18.7. The number of carbonyl (C=O) groups excluding carboxylic acids is 2. The molecule has 27 heavy (non-hydrogen) atoms. The largest absolute Gasteiger partial charge is 0.512 e. The number of hydrogen-bond acceptors (Lipinski definition) is 3. The van der Waals surface area contributed by atoms with Crippen LogP contribution in [0.4, 0.5) is 4.79 Å². The van der Waals surface area contributed by atoms with Crippen LogP contribution in [0.15, 0.2) is 30.3 Å². The molecule has 1 radical (unpaired) electrons. The van der Waals surface area contributed by atoms with Gasteiger partial charge in [0.1, 0.15) is 5.60 Å². The van der Waals surface area contributed by atoms with Gasteiger partial charge in [-0.1, -0.05) is 36.8 Å². The van der Waals surface area contributed by atoms with Crippen LogP contribution in [0.2, 0.25) is 0 Å². The van der Waals surface area contributed by atoms with Crippen molar-refractivity contribution in [2.45, 2.75) is 58.1 Å². The number of ether oxygens (including phenoxy) is 1. The predicted molar refractivity (Wildman–Crippen MR) is 99.8 cm³/mol. The van der Waals surface area contributed by atoms with Crippen LogP contribution in [-0.2, 0) is 42.2 Å². The third kappa shape index (κ3) is 5.71. The molecule has 2 amide bonds. The Balaban J connectivity index is 0.00000261. The van der Waals surface area contributed by atoms with Crippen molar-refractivity contribution in [2.24, 2.45) is 0 Å². The van der Waals surface area contributed by atoms with Gasteiger partial charge in [-0.25, -0.2) is 11.3 Å². The first-order valence-electron chi connectivity index (χ1n) is 9.39. The molecule has 2 aliphatic heterocycles. The average molecular weight is 445 g/mol. The fourth-order valence-electron chi connectivity index (χ4n) is 3.55. The van der Waals surface area contributed by atoms with E-state index in [1.165, 1.54) is 5.56 Å². The van der Waals surface area contributed by atoms with Gasteiger partial charge in [0, 0.05) is 38.8 Å². The molecule has 0 N–H and O–H groups in total. The zero-order valence-corrected chi connectivity index (χ0v) is 19.3. The summed E-state index contributed by atoms with van der Waals surface area (Å²) in [7, 11) is 0. The minimum absolute atomic E-state index is 0. The summed E-state index contributed by atoms with van der Waals surface area (Å²) in [6, 6.07) is 10.3. The van der Waals surface area contributed by atoms with Crippen LogP contribution >= 0.6 is 0 Å². The van der Waals surface area contributed by atoms with Crippen molar-refractivity contribution in [2.75, 3.05) is 13.1 Å². The fourth-order valence-corrected chi connectivity index (χ4v) is 3.55. The molecule has 3 rings (SSSR count). The minimum atomic E-state index is -0.496. The van der Waals surface area contributed by atoms with Crippen molar-refractivity contribution < 1.29 is 47.0 Å². The number of amides is 2. The number of nitrogens with zero attached hydrogens (tertiary/aromatic N) is 2. The Kier molecular flexibility index (Phi) is 7.76. The molecule has 0 unspecified atom stereocenters. The van der Waals surface area contributed by atoms with Crippen LogP contribution in [0.5, 0.6) is 0 Å². The van der Waals surface area contributed by atoms with Crippen LogP contribution in [0, 0.1) is 12.5 Å². The molecule has 6 heteroatoms. The SMILES string of the molecule is CC(C)(C)OC(=O)N1CC[C-](C(=O)N2[CH-]CC[C@H]2c2ccccc2)CC1.[Y]. The molecule has 1 aromatic rings. The van der Waals surface area contributed by atoms with E-state index < -0.39 is 5.60 Å². The summed E-state index contributed by atoms with van der Waals surface area (Å²) < 4.78 is 5.42. The number of hydrogen-bond donors (Lipinski definition) is 0. The van der Waals surface area contributed by atoms with Crippen LogP contribution in [0.25, 0.3) is 0 Å². The molecule has 0 aliphatic carbocycles. The maximum absolute atomic E-state index is 13.0. The van der Waals surface area contributed by atoms with Gasteiger partial charge in [-0.2, -0.15) is 6.42 Å². The Morgan fingerprint density at radius 3 is 2.37 bits per heavy atom. The van der Waals surface area contributed by atoms with Gasteiger partial charge in [0.25, 0.3) is 0 Å². The average Bonchev–Trinajstić information content (AvgIpc) is 3.10. The molecule has 2 fully saturated rings. The number of benzene rings is 1. The maximum atomic E-state index is 13.0. The molecule has 2 aliphatic rings. The molecule has 2 saturated heterocycles. The minimum Gasteiger partial charge on any atom is -0.512 e. The summed E-state index contributed by atoms with van der Waals surface area (Å²) in [6.45, 7) is 8.70. The smallest absolute Gasteiger partial charge is 0.410 e. The summed E-state index contributed by atoms with van der Waals surface area (Å²) in [5.74, 6) is 1.02. The first-order chi connectivity index (χ1) is 12.3. The number of rotatable bonds is 2. The van der Waals surface area contributed by atoms with E-state index in [1.54, 1.807) is 4.90 Å². The molecular formula is C21H28N2O3Y-2. The molecule has 145 valence electrons. The predicted octanol–water partition coefficient (Wildman–Crippen LogP) is 4.11. The van der Waals surface area contributed by atoms with Crippen LogP contribution in [0.1, 0.15) is 58.1 Å². The zero-order valence-electron chi connectivity index (χ0n) is 16.5. The first kappa shape index (κ1) is 22.2. The second kappa shape index (κ2) is 9.42. The second-order valence-electron chi connectivity index (χ2n) is 7.97. The molecule has 0 saturated carbocycles. The number of piperidine rings is 1. The summed E-state index contributed by atoms with van der Waals surface area (Å²) in [4.78, 5) is 28.8. The summed E-state index contributed by atoms with van der Waals surface area (Å²) in [5.41, 5.74) is 0.686. The molecule has 5 nitrogen and oxygen atoms in total. The molecular weight excluding hydrogens is 417 g/mol. The number of carbonyl (C=O) groups is 2. The number of likely N-dealkylation sites (tertiary alicyclic amines) is 2.